The summed E-state index contributed by atoms with van der Waals surface area (Å²) >= 11 is 0. The number of hydrogen-bond acceptors (Lipinski definition) is 7. The molecule has 0 aromatic heterocycles. The standard InChI is InChI=1S/C28H38N4O5/c1-4-37-28(35)18-29-27(34)21-31-16-15-30(19-23-9-7-11-25(17-23)36-3)13-8-14-32(22(2)33)26-12-6-5-10-24(26)20-31/h5-7,9-12,17H,4,8,13-16,18-21H2,1-3H3,(H,29,34). The van der Waals surface area contributed by atoms with Gasteiger partial charge in [-0.15, -0.1) is 0 Å². The Balaban J connectivity index is 1.80. The molecule has 2 amide bonds. The van der Waals surface area contributed by atoms with Crippen molar-refractivity contribution >= 4 is 23.5 Å². The maximum atomic E-state index is 12.7. The lowest BCUT2D eigenvalue weighted by Gasteiger charge is -2.27. The van der Waals surface area contributed by atoms with Crippen LogP contribution in [0.4, 0.5) is 5.69 Å². The third-order valence-corrected chi connectivity index (χ3v) is 6.29. The smallest absolute Gasteiger partial charge is 0.325 e. The van der Waals surface area contributed by atoms with Gasteiger partial charge in [-0.25, -0.2) is 0 Å². The average Bonchev–Trinajstić information content (AvgIpc) is 2.91. The second kappa shape index (κ2) is 14.3. The molecular weight excluding hydrogens is 472 g/mol. The van der Waals surface area contributed by atoms with Crippen LogP contribution in [0.5, 0.6) is 5.75 Å². The van der Waals surface area contributed by atoms with E-state index in [9.17, 15) is 14.4 Å². The number of para-hydroxylation sites is 1. The number of carbonyl (C=O) groups excluding carboxylic acids is 3. The fraction of sp³-hybridized carbons (Fsp3) is 0.464. The number of ether oxygens (including phenoxy) is 2. The second-order valence-electron chi connectivity index (χ2n) is 9.07. The number of esters is 1. The summed E-state index contributed by atoms with van der Waals surface area (Å²) in [6, 6.07) is 15.9. The van der Waals surface area contributed by atoms with Crippen molar-refractivity contribution in [1.82, 2.24) is 15.1 Å². The Morgan fingerprint density at radius 2 is 1.76 bits per heavy atom. The topological polar surface area (TPSA) is 91.4 Å². The van der Waals surface area contributed by atoms with Crippen LogP contribution < -0.4 is 15.0 Å². The summed E-state index contributed by atoms with van der Waals surface area (Å²) in [5.41, 5.74) is 2.99. The molecule has 9 heteroatoms. The number of methoxy groups -OCH3 is 1. The van der Waals surface area contributed by atoms with Crippen molar-refractivity contribution in [2.45, 2.75) is 33.4 Å². The minimum atomic E-state index is -0.458. The van der Waals surface area contributed by atoms with E-state index in [1.807, 2.05) is 47.4 Å². The van der Waals surface area contributed by atoms with Gasteiger partial charge in [0, 0.05) is 51.9 Å². The fourth-order valence-corrected chi connectivity index (χ4v) is 4.49. The van der Waals surface area contributed by atoms with E-state index in [0.717, 1.165) is 48.6 Å². The molecule has 37 heavy (non-hydrogen) atoms. The Bertz CT molecular complexity index is 1060. The molecule has 3 rings (SSSR count). The number of benzene rings is 2. The Labute approximate surface area is 219 Å². The van der Waals surface area contributed by atoms with Gasteiger partial charge in [0.1, 0.15) is 12.3 Å². The molecule has 1 N–H and O–H groups in total. The minimum absolute atomic E-state index is 0.00947. The van der Waals surface area contributed by atoms with E-state index in [1.54, 1.807) is 21.0 Å². The van der Waals surface area contributed by atoms with Crippen molar-refractivity contribution in [3.8, 4) is 5.75 Å². The molecule has 0 saturated carbocycles. The molecule has 0 spiro atoms. The Morgan fingerprint density at radius 1 is 0.973 bits per heavy atom. The number of anilines is 1. The molecule has 0 aliphatic carbocycles. The zero-order chi connectivity index (χ0) is 26.6. The predicted molar refractivity (Wildman–Crippen MR) is 142 cm³/mol. The highest BCUT2D eigenvalue weighted by atomic mass is 16.5. The zero-order valence-electron chi connectivity index (χ0n) is 22.1. The lowest BCUT2D eigenvalue weighted by atomic mass is 10.1. The van der Waals surface area contributed by atoms with Crippen LogP contribution in [0.15, 0.2) is 48.5 Å². The first-order valence-electron chi connectivity index (χ1n) is 12.8. The van der Waals surface area contributed by atoms with Crippen LogP contribution >= 0.6 is 0 Å². The molecule has 0 fully saturated rings. The highest BCUT2D eigenvalue weighted by Gasteiger charge is 2.21. The van der Waals surface area contributed by atoms with Crippen molar-refractivity contribution in [2.24, 2.45) is 0 Å². The van der Waals surface area contributed by atoms with Gasteiger partial charge in [-0.05, 0) is 42.7 Å². The largest absolute Gasteiger partial charge is 0.497 e. The SMILES string of the molecule is CCOC(=O)CNC(=O)CN1CCN(Cc2cccc(OC)c2)CCCN(C(C)=O)c2ccccc2C1. The summed E-state index contributed by atoms with van der Waals surface area (Å²) in [6.07, 6.45) is 0.817. The molecule has 1 aliphatic heterocycles. The Morgan fingerprint density at radius 3 is 2.51 bits per heavy atom. The molecule has 0 saturated heterocycles. The fourth-order valence-electron chi connectivity index (χ4n) is 4.49. The summed E-state index contributed by atoms with van der Waals surface area (Å²) in [7, 11) is 1.66. The van der Waals surface area contributed by atoms with Crippen LogP contribution in [-0.2, 0) is 32.2 Å². The average molecular weight is 511 g/mol. The van der Waals surface area contributed by atoms with E-state index in [0.29, 0.717) is 19.6 Å². The molecule has 2 aromatic carbocycles. The van der Waals surface area contributed by atoms with Crippen LogP contribution in [-0.4, -0.2) is 80.6 Å². The number of nitrogens with zero attached hydrogens (tertiary/aromatic N) is 3. The molecule has 0 atom stereocenters. The molecule has 0 unspecified atom stereocenters. The number of amides is 2. The van der Waals surface area contributed by atoms with E-state index >= 15 is 0 Å². The number of rotatable bonds is 8. The van der Waals surface area contributed by atoms with Gasteiger partial charge in [0.25, 0.3) is 0 Å². The normalized spacial score (nSPS) is 15.3. The van der Waals surface area contributed by atoms with Crippen molar-refractivity contribution in [3.05, 3.63) is 59.7 Å². The molecule has 0 bridgehead atoms. The lowest BCUT2D eigenvalue weighted by Crippen LogP contribution is -2.42. The summed E-state index contributed by atoms with van der Waals surface area (Å²) < 4.78 is 10.3. The van der Waals surface area contributed by atoms with E-state index < -0.39 is 5.97 Å². The van der Waals surface area contributed by atoms with Gasteiger partial charge < -0.3 is 19.7 Å². The van der Waals surface area contributed by atoms with Crippen LogP contribution in [0.2, 0.25) is 0 Å². The van der Waals surface area contributed by atoms with Gasteiger partial charge in [0.2, 0.25) is 11.8 Å². The number of fused-ring (bicyclic) bond motifs is 1. The number of carbonyl (C=O) groups is 3. The van der Waals surface area contributed by atoms with E-state index in [1.165, 1.54) is 0 Å². The first kappa shape index (κ1) is 28.1. The summed E-state index contributed by atoms with van der Waals surface area (Å²) in [5, 5.41) is 2.66. The quantitative estimate of drug-likeness (QED) is 0.546. The number of hydrogen-bond donors (Lipinski definition) is 1. The van der Waals surface area contributed by atoms with E-state index in [4.69, 9.17) is 9.47 Å². The van der Waals surface area contributed by atoms with Crippen molar-refractivity contribution in [2.75, 3.05) is 57.9 Å². The molecule has 200 valence electrons. The highest BCUT2D eigenvalue weighted by Crippen LogP contribution is 2.24. The summed E-state index contributed by atoms with van der Waals surface area (Å²) in [4.78, 5) is 43.2. The molecule has 0 radical (unpaired) electrons. The first-order chi connectivity index (χ1) is 17.9. The van der Waals surface area contributed by atoms with Crippen molar-refractivity contribution < 1.29 is 23.9 Å². The van der Waals surface area contributed by atoms with E-state index in [2.05, 4.69) is 21.2 Å². The van der Waals surface area contributed by atoms with Gasteiger partial charge in [-0.3, -0.25) is 24.2 Å². The minimum Gasteiger partial charge on any atom is -0.497 e. The second-order valence-corrected chi connectivity index (χ2v) is 9.07. The van der Waals surface area contributed by atoms with Gasteiger partial charge in [0.15, 0.2) is 0 Å². The highest BCUT2D eigenvalue weighted by molar-refractivity contribution is 5.92. The summed E-state index contributed by atoms with van der Waals surface area (Å²) in [6.45, 7) is 7.58. The van der Waals surface area contributed by atoms with Crippen molar-refractivity contribution in [1.29, 1.82) is 0 Å². The molecule has 2 aromatic rings. The van der Waals surface area contributed by atoms with Gasteiger partial charge in [-0.2, -0.15) is 0 Å². The van der Waals surface area contributed by atoms with Crippen LogP contribution in [0.25, 0.3) is 0 Å². The molecule has 1 aliphatic rings. The Hall–Kier alpha value is -3.43. The molecular formula is C28H38N4O5. The molecule has 9 nitrogen and oxygen atoms in total. The number of nitrogens with one attached hydrogen (secondary N) is 1. The maximum Gasteiger partial charge on any atom is 0.325 e. The van der Waals surface area contributed by atoms with Crippen molar-refractivity contribution in [3.63, 3.8) is 0 Å². The van der Waals surface area contributed by atoms with Gasteiger partial charge in [-0.1, -0.05) is 30.3 Å². The zero-order valence-corrected chi connectivity index (χ0v) is 22.1. The van der Waals surface area contributed by atoms with Crippen LogP contribution in [0.3, 0.4) is 0 Å². The van der Waals surface area contributed by atoms with Gasteiger partial charge in [0.05, 0.1) is 20.3 Å². The maximum absolute atomic E-state index is 12.7. The Kier molecular flexibility index (Phi) is 10.9. The van der Waals surface area contributed by atoms with Crippen LogP contribution in [0, 0.1) is 0 Å². The van der Waals surface area contributed by atoms with E-state index in [-0.39, 0.29) is 31.5 Å². The summed E-state index contributed by atoms with van der Waals surface area (Å²) in [5.74, 6) is 0.0987. The third-order valence-electron chi connectivity index (χ3n) is 6.29. The monoisotopic (exact) mass is 510 g/mol. The van der Waals surface area contributed by atoms with Gasteiger partial charge >= 0.3 is 5.97 Å². The third kappa shape index (κ3) is 8.87. The van der Waals surface area contributed by atoms with Crippen LogP contribution in [0.1, 0.15) is 31.4 Å². The molecule has 1 heterocycles. The lowest BCUT2D eigenvalue weighted by molar-refractivity contribution is -0.143. The predicted octanol–water partition coefficient (Wildman–Crippen LogP) is 2.44. The first-order valence-corrected chi connectivity index (χ1v) is 12.8.